The second-order valence-electron chi connectivity index (χ2n) is 7.50. The number of nitrogens with one attached hydrogen (secondary N) is 1. The van der Waals surface area contributed by atoms with Gasteiger partial charge in [0, 0.05) is 58.5 Å². The number of carbonyl (C=O) groups is 2. The van der Waals surface area contributed by atoms with Crippen molar-refractivity contribution in [2.75, 3.05) is 66.1 Å². The van der Waals surface area contributed by atoms with Gasteiger partial charge in [0.2, 0.25) is 15.9 Å². The van der Waals surface area contributed by atoms with Gasteiger partial charge in [0.05, 0.1) is 18.0 Å². The van der Waals surface area contributed by atoms with Gasteiger partial charge < -0.3 is 14.5 Å². The predicted octanol–water partition coefficient (Wildman–Crippen LogP) is 0.546. The molecular weight excluding hydrogens is 420 g/mol. The average molecular weight is 455 g/mol. The maximum Gasteiger partial charge on any atom is 0.254 e. The molecule has 1 aliphatic heterocycles. The summed E-state index contributed by atoms with van der Waals surface area (Å²) >= 11 is 0. The fourth-order valence-corrected chi connectivity index (χ4v) is 4.55. The molecule has 1 aromatic rings. The first-order chi connectivity index (χ1) is 14.7. The fourth-order valence-electron chi connectivity index (χ4n) is 3.51. The van der Waals surface area contributed by atoms with Crippen LogP contribution in [0, 0.1) is 6.92 Å². The second-order valence-corrected chi connectivity index (χ2v) is 9.27. The molecule has 0 unspecified atom stereocenters. The second kappa shape index (κ2) is 11.6. The molecule has 1 saturated heterocycles. The first-order valence-electron chi connectivity index (χ1n) is 10.6. The Labute approximate surface area is 185 Å². The normalized spacial score (nSPS) is 15.2. The molecule has 0 aromatic heterocycles. The Bertz CT molecular complexity index is 863. The number of amides is 2. The summed E-state index contributed by atoms with van der Waals surface area (Å²) in [6.45, 7) is 10.1. The Morgan fingerprint density at radius 2 is 1.77 bits per heavy atom. The van der Waals surface area contributed by atoms with Gasteiger partial charge in [-0.3, -0.25) is 14.5 Å². The molecule has 0 atom stereocenters. The summed E-state index contributed by atoms with van der Waals surface area (Å²) in [6, 6.07) is 4.58. The first-order valence-corrected chi connectivity index (χ1v) is 12.1. The molecule has 1 N–H and O–H groups in total. The lowest BCUT2D eigenvalue weighted by Crippen LogP contribution is -2.51. The van der Waals surface area contributed by atoms with E-state index in [2.05, 4.69) is 9.62 Å². The standard InChI is InChI=1S/C21H34N4O5S/c1-5-24(6-2)20(26)16-23-10-12-25(13-11-23)21(27)19-15-18(8-7-17(19)3)31(28,29)22-9-14-30-4/h7-8,15,22H,5-6,9-14,16H2,1-4H3. The van der Waals surface area contributed by atoms with E-state index in [4.69, 9.17) is 4.74 Å². The molecule has 1 aliphatic rings. The summed E-state index contributed by atoms with van der Waals surface area (Å²) in [6.07, 6.45) is 0. The van der Waals surface area contributed by atoms with Gasteiger partial charge in [0.1, 0.15) is 0 Å². The Morgan fingerprint density at radius 3 is 2.35 bits per heavy atom. The molecule has 10 heteroatoms. The maximum absolute atomic E-state index is 13.1. The number of rotatable bonds is 10. The van der Waals surface area contributed by atoms with Crippen molar-refractivity contribution in [3.05, 3.63) is 29.3 Å². The highest BCUT2D eigenvalue weighted by atomic mass is 32.2. The predicted molar refractivity (Wildman–Crippen MR) is 119 cm³/mol. The Morgan fingerprint density at radius 1 is 1.13 bits per heavy atom. The van der Waals surface area contributed by atoms with E-state index < -0.39 is 10.0 Å². The Kier molecular flexibility index (Phi) is 9.42. The van der Waals surface area contributed by atoms with Crippen LogP contribution < -0.4 is 4.72 Å². The van der Waals surface area contributed by atoms with E-state index in [9.17, 15) is 18.0 Å². The van der Waals surface area contributed by atoms with Crippen LogP contribution in [-0.4, -0.2) is 101 Å². The summed E-state index contributed by atoms with van der Waals surface area (Å²) < 4.78 is 32.3. The van der Waals surface area contributed by atoms with Crippen molar-refractivity contribution in [2.45, 2.75) is 25.7 Å². The minimum atomic E-state index is -3.72. The van der Waals surface area contributed by atoms with Crippen LogP contribution in [0.4, 0.5) is 0 Å². The SMILES string of the molecule is CCN(CC)C(=O)CN1CCN(C(=O)c2cc(S(=O)(=O)NCCOC)ccc2C)CC1. The van der Waals surface area contributed by atoms with Gasteiger partial charge in [-0.1, -0.05) is 6.07 Å². The van der Waals surface area contributed by atoms with Crippen LogP contribution >= 0.6 is 0 Å². The third kappa shape index (κ3) is 6.73. The Hall–Kier alpha value is -2.01. The van der Waals surface area contributed by atoms with Gasteiger partial charge in [-0.05, 0) is 38.5 Å². The number of hydrogen-bond donors (Lipinski definition) is 1. The molecule has 31 heavy (non-hydrogen) atoms. The highest BCUT2D eigenvalue weighted by molar-refractivity contribution is 7.89. The van der Waals surface area contributed by atoms with Crippen molar-refractivity contribution in [2.24, 2.45) is 0 Å². The number of methoxy groups -OCH3 is 1. The van der Waals surface area contributed by atoms with E-state index in [1.165, 1.54) is 19.2 Å². The zero-order valence-electron chi connectivity index (χ0n) is 18.9. The third-order valence-corrected chi connectivity index (χ3v) is 6.94. The van der Waals surface area contributed by atoms with E-state index in [1.807, 2.05) is 13.8 Å². The van der Waals surface area contributed by atoms with Crippen LogP contribution in [0.5, 0.6) is 0 Å². The quantitative estimate of drug-likeness (QED) is 0.518. The van der Waals surface area contributed by atoms with Crippen LogP contribution in [0.15, 0.2) is 23.1 Å². The van der Waals surface area contributed by atoms with Crippen LogP contribution in [0.1, 0.15) is 29.8 Å². The smallest absolute Gasteiger partial charge is 0.254 e. The largest absolute Gasteiger partial charge is 0.383 e. The molecular formula is C21H34N4O5S. The van der Waals surface area contributed by atoms with Gasteiger partial charge in [0.15, 0.2) is 0 Å². The topological polar surface area (TPSA) is 99.3 Å². The van der Waals surface area contributed by atoms with Crippen molar-refractivity contribution in [3.63, 3.8) is 0 Å². The highest BCUT2D eigenvalue weighted by Gasteiger charge is 2.26. The number of nitrogens with zero attached hydrogens (tertiary/aromatic N) is 3. The number of hydrogen-bond acceptors (Lipinski definition) is 6. The van der Waals surface area contributed by atoms with Crippen LogP contribution in [0.25, 0.3) is 0 Å². The maximum atomic E-state index is 13.1. The molecule has 0 saturated carbocycles. The molecule has 2 amide bonds. The molecule has 2 rings (SSSR count). The molecule has 1 heterocycles. The van der Waals surface area contributed by atoms with Crippen molar-refractivity contribution in [1.29, 1.82) is 0 Å². The lowest BCUT2D eigenvalue weighted by Gasteiger charge is -2.35. The molecule has 9 nitrogen and oxygen atoms in total. The lowest BCUT2D eigenvalue weighted by molar-refractivity contribution is -0.132. The highest BCUT2D eigenvalue weighted by Crippen LogP contribution is 2.18. The summed E-state index contributed by atoms with van der Waals surface area (Å²) in [5, 5.41) is 0. The van der Waals surface area contributed by atoms with Gasteiger partial charge >= 0.3 is 0 Å². The van der Waals surface area contributed by atoms with E-state index in [1.54, 1.807) is 22.8 Å². The average Bonchev–Trinajstić information content (AvgIpc) is 2.75. The molecule has 0 spiro atoms. The molecule has 0 bridgehead atoms. The van der Waals surface area contributed by atoms with E-state index in [0.717, 1.165) is 5.56 Å². The lowest BCUT2D eigenvalue weighted by atomic mass is 10.1. The third-order valence-electron chi connectivity index (χ3n) is 5.48. The number of carbonyl (C=O) groups excluding carboxylic acids is 2. The summed E-state index contributed by atoms with van der Waals surface area (Å²) in [4.78, 5) is 31.0. The van der Waals surface area contributed by atoms with Crippen molar-refractivity contribution < 1.29 is 22.7 Å². The van der Waals surface area contributed by atoms with Crippen LogP contribution in [0.2, 0.25) is 0 Å². The van der Waals surface area contributed by atoms with Gasteiger partial charge in [0.25, 0.3) is 5.91 Å². The van der Waals surface area contributed by atoms with Gasteiger partial charge in [-0.15, -0.1) is 0 Å². The van der Waals surface area contributed by atoms with Gasteiger partial charge in [-0.25, -0.2) is 13.1 Å². The van der Waals surface area contributed by atoms with Crippen molar-refractivity contribution in [3.8, 4) is 0 Å². The number of likely N-dealkylation sites (N-methyl/N-ethyl adjacent to an activating group) is 1. The van der Waals surface area contributed by atoms with Crippen molar-refractivity contribution in [1.82, 2.24) is 19.4 Å². The zero-order valence-corrected chi connectivity index (χ0v) is 19.7. The zero-order chi connectivity index (χ0) is 23.0. The fraction of sp³-hybridized carbons (Fsp3) is 0.619. The summed E-state index contributed by atoms with van der Waals surface area (Å²) in [5.74, 6) is -0.0966. The number of sulfonamides is 1. The van der Waals surface area contributed by atoms with Crippen LogP contribution in [-0.2, 0) is 19.6 Å². The molecule has 0 aliphatic carbocycles. The summed E-state index contributed by atoms with van der Waals surface area (Å²) in [5.41, 5.74) is 1.10. The van der Waals surface area contributed by atoms with E-state index >= 15 is 0 Å². The van der Waals surface area contributed by atoms with E-state index in [-0.39, 0.29) is 29.9 Å². The minimum Gasteiger partial charge on any atom is -0.383 e. The number of ether oxygens (including phenoxy) is 1. The van der Waals surface area contributed by atoms with Crippen LogP contribution in [0.3, 0.4) is 0 Å². The Balaban J connectivity index is 2.03. The number of aryl methyl sites for hydroxylation is 1. The molecule has 1 fully saturated rings. The molecule has 1 aromatic carbocycles. The van der Waals surface area contributed by atoms with Gasteiger partial charge in [-0.2, -0.15) is 0 Å². The number of benzene rings is 1. The monoisotopic (exact) mass is 454 g/mol. The molecule has 0 radical (unpaired) electrons. The molecule has 174 valence electrons. The van der Waals surface area contributed by atoms with Crippen molar-refractivity contribution >= 4 is 21.8 Å². The van der Waals surface area contributed by atoms with E-state index in [0.29, 0.717) is 51.4 Å². The first kappa shape index (κ1) is 25.3. The number of piperazine rings is 1. The summed E-state index contributed by atoms with van der Waals surface area (Å²) in [7, 11) is -2.23. The minimum absolute atomic E-state index is 0.0565.